The first kappa shape index (κ1) is 20.6. The minimum absolute atomic E-state index is 0.0755. The van der Waals surface area contributed by atoms with Crippen molar-refractivity contribution in [3.05, 3.63) is 29.8 Å². The summed E-state index contributed by atoms with van der Waals surface area (Å²) in [5.41, 5.74) is 0. The zero-order valence-electron chi connectivity index (χ0n) is 15.2. The highest BCUT2D eigenvalue weighted by atomic mass is 32.2. The SMILES string of the molecule is CCN(CC)C(=O)CN1CCN(C(=O)CSc2ccc(F)cc2F)CC1. The Bertz CT molecular complexity index is 633. The maximum Gasteiger partial charge on any atom is 0.236 e. The Labute approximate surface area is 157 Å². The summed E-state index contributed by atoms with van der Waals surface area (Å²) in [6.45, 7) is 8.09. The van der Waals surface area contributed by atoms with Crippen molar-refractivity contribution in [1.82, 2.24) is 14.7 Å². The van der Waals surface area contributed by atoms with Crippen molar-refractivity contribution in [2.75, 3.05) is 51.6 Å². The van der Waals surface area contributed by atoms with Gasteiger partial charge in [-0.2, -0.15) is 0 Å². The maximum atomic E-state index is 13.6. The molecule has 1 aliphatic heterocycles. The molecular formula is C18H25F2N3O2S. The van der Waals surface area contributed by atoms with Crippen LogP contribution in [-0.4, -0.2) is 78.1 Å². The molecule has 144 valence electrons. The largest absolute Gasteiger partial charge is 0.342 e. The molecule has 1 aliphatic rings. The number of thioether (sulfide) groups is 1. The summed E-state index contributed by atoms with van der Waals surface area (Å²) in [7, 11) is 0. The first-order valence-corrected chi connectivity index (χ1v) is 9.78. The molecule has 0 N–H and O–H groups in total. The molecule has 26 heavy (non-hydrogen) atoms. The Balaban J connectivity index is 1.76. The van der Waals surface area contributed by atoms with E-state index in [-0.39, 0.29) is 22.5 Å². The number of benzene rings is 1. The molecule has 1 fully saturated rings. The van der Waals surface area contributed by atoms with E-state index < -0.39 is 11.6 Å². The second kappa shape index (κ2) is 9.87. The molecule has 1 aromatic rings. The van der Waals surface area contributed by atoms with E-state index in [2.05, 4.69) is 4.90 Å². The van der Waals surface area contributed by atoms with Crippen LogP contribution in [0.2, 0.25) is 0 Å². The number of carbonyl (C=O) groups is 2. The highest BCUT2D eigenvalue weighted by molar-refractivity contribution is 8.00. The smallest absolute Gasteiger partial charge is 0.236 e. The molecule has 2 rings (SSSR count). The van der Waals surface area contributed by atoms with Crippen LogP contribution in [0.4, 0.5) is 8.78 Å². The molecule has 0 radical (unpaired) electrons. The van der Waals surface area contributed by atoms with Crippen LogP contribution in [0.15, 0.2) is 23.1 Å². The van der Waals surface area contributed by atoms with Crippen molar-refractivity contribution in [2.45, 2.75) is 18.7 Å². The summed E-state index contributed by atoms with van der Waals surface area (Å²) in [5.74, 6) is -1.14. The Kier molecular flexibility index (Phi) is 7.84. The second-order valence-electron chi connectivity index (χ2n) is 6.09. The van der Waals surface area contributed by atoms with Crippen molar-refractivity contribution in [1.29, 1.82) is 0 Å². The third kappa shape index (κ3) is 5.67. The van der Waals surface area contributed by atoms with Gasteiger partial charge in [0.05, 0.1) is 12.3 Å². The fourth-order valence-corrected chi connectivity index (χ4v) is 3.67. The zero-order valence-corrected chi connectivity index (χ0v) is 16.0. The first-order chi connectivity index (χ1) is 12.4. The topological polar surface area (TPSA) is 43.9 Å². The number of hydrogen-bond donors (Lipinski definition) is 0. The Hall–Kier alpha value is -1.67. The van der Waals surface area contributed by atoms with E-state index in [1.54, 1.807) is 9.80 Å². The summed E-state index contributed by atoms with van der Waals surface area (Å²) >= 11 is 1.07. The van der Waals surface area contributed by atoms with Crippen LogP contribution in [0.1, 0.15) is 13.8 Å². The average Bonchev–Trinajstić information content (AvgIpc) is 2.62. The first-order valence-electron chi connectivity index (χ1n) is 8.80. The van der Waals surface area contributed by atoms with E-state index in [0.29, 0.717) is 45.8 Å². The third-order valence-corrected chi connectivity index (χ3v) is 5.48. The Morgan fingerprint density at radius 2 is 1.77 bits per heavy atom. The second-order valence-corrected chi connectivity index (χ2v) is 7.10. The van der Waals surface area contributed by atoms with E-state index >= 15 is 0 Å². The van der Waals surface area contributed by atoms with E-state index in [0.717, 1.165) is 17.8 Å². The Morgan fingerprint density at radius 1 is 1.12 bits per heavy atom. The molecule has 1 aromatic carbocycles. The van der Waals surface area contributed by atoms with Crippen LogP contribution in [0.3, 0.4) is 0 Å². The molecule has 0 bridgehead atoms. The number of amides is 2. The van der Waals surface area contributed by atoms with Crippen molar-refractivity contribution in [3.8, 4) is 0 Å². The van der Waals surface area contributed by atoms with Crippen LogP contribution in [0.25, 0.3) is 0 Å². The van der Waals surface area contributed by atoms with Crippen LogP contribution < -0.4 is 0 Å². The van der Waals surface area contributed by atoms with Crippen LogP contribution in [0.5, 0.6) is 0 Å². The van der Waals surface area contributed by atoms with Crippen LogP contribution in [-0.2, 0) is 9.59 Å². The van der Waals surface area contributed by atoms with Gasteiger partial charge in [-0.25, -0.2) is 8.78 Å². The van der Waals surface area contributed by atoms with E-state index in [9.17, 15) is 18.4 Å². The normalized spacial score (nSPS) is 15.2. The Morgan fingerprint density at radius 3 is 2.35 bits per heavy atom. The molecule has 0 spiro atoms. The van der Waals surface area contributed by atoms with Crippen molar-refractivity contribution in [2.24, 2.45) is 0 Å². The lowest BCUT2D eigenvalue weighted by molar-refractivity contribution is -0.133. The monoisotopic (exact) mass is 385 g/mol. The molecule has 0 aromatic heterocycles. The number of hydrogen-bond acceptors (Lipinski definition) is 4. The number of nitrogens with zero attached hydrogens (tertiary/aromatic N) is 3. The van der Waals surface area contributed by atoms with Gasteiger partial charge in [-0.05, 0) is 26.0 Å². The fraction of sp³-hybridized carbons (Fsp3) is 0.556. The molecule has 5 nitrogen and oxygen atoms in total. The van der Waals surface area contributed by atoms with Gasteiger partial charge in [0, 0.05) is 50.2 Å². The van der Waals surface area contributed by atoms with Crippen molar-refractivity contribution < 1.29 is 18.4 Å². The van der Waals surface area contributed by atoms with E-state index in [1.807, 2.05) is 13.8 Å². The predicted molar refractivity (Wildman–Crippen MR) is 98.0 cm³/mol. The lowest BCUT2D eigenvalue weighted by Crippen LogP contribution is -2.52. The van der Waals surface area contributed by atoms with Crippen LogP contribution in [0, 0.1) is 11.6 Å². The van der Waals surface area contributed by atoms with Gasteiger partial charge in [-0.15, -0.1) is 11.8 Å². The van der Waals surface area contributed by atoms with Crippen molar-refractivity contribution in [3.63, 3.8) is 0 Å². The molecule has 1 heterocycles. The van der Waals surface area contributed by atoms with Crippen LogP contribution >= 0.6 is 11.8 Å². The minimum Gasteiger partial charge on any atom is -0.342 e. The molecule has 0 saturated carbocycles. The van der Waals surface area contributed by atoms with Gasteiger partial charge in [0.15, 0.2) is 0 Å². The molecular weight excluding hydrogens is 360 g/mol. The maximum absolute atomic E-state index is 13.6. The van der Waals surface area contributed by atoms with Gasteiger partial charge in [-0.3, -0.25) is 14.5 Å². The molecule has 0 atom stereocenters. The molecule has 0 unspecified atom stereocenters. The zero-order chi connectivity index (χ0) is 19.1. The summed E-state index contributed by atoms with van der Waals surface area (Å²) in [4.78, 5) is 30.3. The van der Waals surface area contributed by atoms with Gasteiger partial charge >= 0.3 is 0 Å². The molecule has 0 aliphatic carbocycles. The van der Waals surface area contributed by atoms with Gasteiger partial charge in [0.1, 0.15) is 11.6 Å². The minimum atomic E-state index is -0.650. The predicted octanol–water partition coefficient (Wildman–Crippen LogP) is 2.07. The van der Waals surface area contributed by atoms with Gasteiger partial charge in [-0.1, -0.05) is 0 Å². The molecule has 1 saturated heterocycles. The lowest BCUT2D eigenvalue weighted by Gasteiger charge is -2.35. The van der Waals surface area contributed by atoms with Gasteiger partial charge in [0.25, 0.3) is 0 Å². The highest BCUT2D eigenvalue weighted by Gasteiger charge is 2.23. The van der Waals surface area contributed by atoms with Gasteiger partial charge < -0.3 is 9.80 Å². The number of rotatable bonds is 7. The fourth-order valence-electron chi connectivity index (χ4n) is 2.85. The highest BCUT2D eigenvalue weighted by Crippen LogP contribution is 2.22. The van der Waals surface area contributed by atoms with E-state index in [4.69, 9.17) is 0 Å². The summed E-state index contributed by atoms with van der Waals surface area (Å²) in [6.07, 6.45) is 0. The number of piperazine rings is 1. The average molecular weight is 385 g/mol. The van der Waals surface area contributed by atoms with Gasteiger partial charge in [0.2, 0.25) is 11.8 Å². The standard InChI is InChI=1S/C18H25F2N3O2S/c1-3-22(4-2)17(24)12-21-7-9-23(10-8-21)18(25)13-26-16-6-5-14(19)11-15(16)20/h5-6,11H,3-4,7-10,12-13H2,1-2H3. The summed E-state index contributed by atoms with van der Waals surface area (Å²) in [5, 5.41) is 0. The summed E-state index contributed by atoms with van der Waals surface area (Å²) < 4.78 is 26.5. The van der Waals surface area contributed by atoms with Crippen molar-refractivity contribution >= 4 is 23.6 Å². The number of halogens is 2. The van der Waals surface area contributed by atoms with E-state index in [1.165, 1.54) is 12.1 Å². The number of likely N-dealkylation sites (N-methyl/N-ethyl adjacent to an activating group) is 1. The number of carbonyl (C=O) groups excluding carboxylic acids is 2. The molecule has 2 amide bonds. The molecule has 8 heteroatoms. The quantitative estimate of drug-likeness (QED) is 0.674. The summed E-state index contributed by atoms with van der Waals surface area (Å²) in [6, 6.07) is 3.35. The third-order valence-electron chi connectivity index (χ3n) is 4.45. The lowest BCUT2D eigenvalue weighted by atomic mass is 10.3.